The molecule has 6 heteroatoms. The summed E-state index contributed by atoms with van der Waals surface area (Å²) >= 11 is 0. The van der Waals surface area contributed by atoms with Gasteiger partial charge in [0.2, 0.25) is 0 Å². The highest BCUT2D eigenvalue weighted by molar-refractivity contribution is 5.82. The minimum Gasteiger partial charge on any atom is -0.501 e. The van der Waals surface area contributed by atoms with Crippen molar-refractivity contribution in [3.8, 4) is 0 Å². The summed E-state index contributed by atoms with van der Waals surface area (Å²) in [5.41, 5.74) is 11.6. The fraction of sp³-hybridized carbons (Fsp3) is 0.500. The van der Waals surface area contributed by atoms with Crippen LogP contribution in [-0.2, 0) is 20.7 Å². The lowest BCUT2D eigenvalue weighted by Gasteiger charge is -2.47. The Morgan fingerprint density at radius 3 is 2.78 bits per heavy atom. The molecule has 4 atom stereocenters. The van der Waals surface area contributed by atoms with Crippen LogP contribution < -0.4 is 5.73 Å². The summed E-state index contributed by atoms with van der Waals surface area (Å²) in [4.78, 5) is 13.9. The van der Waals surface area contributed by atoms with Gasteiger partial charge < -0.3 is 15.2 Å². The Morgan fingerprint density at radius 1 is 1.38 bits per heavy atom. The second kappa shape index (κ2) is 10.3. The van der Waals surface area contributed by atoms with Gasteiger partial charge in [0.1, 0.15) is 5.76 Å². The molecule has 1 unspecified atom stereocenters. The Morgan fingerprint density at radius 2 is 2.12 bits per heavy atom. The van der Waals surface area contributed by atoms with Crippen LogP contribution in [0.1, 0.15) is 43.0 Å². The summed E-state index contributed by atoms with van der Waals surface area (Å²) in [5, 5.41) is 0. The average Bonchev–Trinajstić information content (AvgIpc) is 2.80. The van der Waals surface area contributed by atoms with E-state index in [0.29, 0.717) is 6.54 Å². The molecular formula is C26H35FN2O3. The van der Waals surface area contributed by atoms with Crippen LogP contribution in [0, 0.1) is 18.8 Å². The first kappa shape index (κ1) is 24.1. The SMILES string of the molecule is COC(=O)/C=C/C1=CCC([C@@H]2c3ccc(N)c(C)c3C[C@@H](C)N2C[C@H](C)CF)C(OC)=C1. The number of rotatable bonds is 7. The van der Waals surface area contributed by atoms with Crippen LogP contribution in [0.3, 0.4) is 0 Å². The van der Waals surface area contributed by atoms with Gasteiger partial charge in [-0.3, -0.25) is 9.29 Å². The summed E-state index contributed by atoms with van der Waals surface area (Å²) in [6.07, 6.45) is 8.90. The summed E-state index contributed by atoms with van der Waals surface area (Å²) in [5.74, 6) is 0.486. The van der Waals surface area contributed by atoms with Crippen LogP contribution in [0.15, 0.2) is 47.8 Å². The number of nitrogens with two attached hydrogens (primary N) is 1. The van der Waals surface area contributed by atoms with Crippen LogP contribution in [0.25, 0.3) is 0 Å². The van der Waals surface area contributed by atoms with E-state index in [2.05, 4.69) is 30.9 Å². The topological polar surface area (TPSA) is 64.8 Å². The first-order valence-corrected chi connectivity index (χ1v) is 11.2. The number of carbonyl (C=O) groups is 1. The number of nitrogens with zero attached hydrogens (tertiary/aromatic N) is 1. The molecule has 5 nitrogen and oxygen atoms in total. The summed E-state index contributed by atoms with van der Waals surface area (Å²) in [6.45, 7) is 6.59. The number of benzene rings is 1. The van der Waals surface area contributed by atoms with E-state index in [1.54, 1.807) is 13.2 Å². The predicted octanol–water partition coefficient (Wildman–Crippen LogP) is 4.68. The number of allylic oxidation sites excluding steroid dienone is 4. The highest BCUT2D eigenvalue weighted by atomic mass is 19.1. The van der Waals surface area contributed by atoms with Crippen LogP contribution in [0.4, 0.5) is 10.1 Å². The van der Waals surface area contributed by atoms with E-state index < -0.39 is 5.97 Å². The van der Waals surface area contributed by atoms with E-state index in [1.807, 2.05) is 19.1 Å². The number of alkyl halides is 1. The maximum atomic E-state index is 13.5. The lowest BCUT2D eigenvalue weighted by Crippen LogP contribution is -2.48. The van der Waals surface area contributed by atoms with E-state index in [9.17, 15) is 9.18 Å². The molecule has 1 aliphatic carbocycles. The summed E-state index contributed by atoms with van der Waals surface area (Å²) in [7, 11) is 3.04. The predicted molar refractivity (Wildman–Crippen MR) is 126 cm³/mol. The van der Waals surface area contributed by atoms with Gasteiger partial charge in [0.25, 0.3) is 0 Å². The third-order valence-corrected chi connectivity index (χ3v) is 6.72. The molecule has 0 radical (unpaired) electrons. The molecule has 174 valence electrons. The summed E-state index contributed by atoms with van der Waals surface area (Å²) in [6, 6.07) is 4.42. The minimum absolute atomic E-state index is 0.0515. The first-order valence-electron chi connectivity index (χ1n) is 11.2. The third kappa shape index (κ3) is 4.90. The van der Waals surface area contributed by atoms with Crippen molar-refractivity contribution in [3.05, 3.63) is 64.5 Å². The van der Waals surface area contributed by atoms with Crippen molar-refractivity contribution in [1.29, 1.82) is 0 Å². The molecule has 0 aromatic heterocycles. The molecule has 0 saturated heterocycles. The molecule has 0 fully saturated rings. The van der Waals surface area contributed by atoms with E-state index in [-0.39, 0.29) is 30.6 Å². The minimum atomic E-state index is -0.394. The highest BCUT2D eigenvalue weighted by Crippen LogP contribution is 2.46. The molecule has 0 saturated carbocycles. The Kier molecular flexibility index (Phi) is 7.77. The van der Waals surface area contributed by atoms with Crippen molar-refractivity contribution in [2.45, 2.75) is 45.7 Å². The number of ether oxygens (including phenoxy) is 2. The molecule has 1 aromatic rings. The molecule has 1 heterocycles. The number of hydrogen-bond donors (Lipinski definition) is 1. The highest BCUT2D eigenvalue weighted by Gasteiger charge is 2.40. The molecular weight excluding hydrogens is 407 g/mol. The van der Waals surface area contributed by atoms with Gasteiger partial charge in [-0.2, -0.15) is 0 Å². The van der Waals surface area contributed by atoms with E-state index in [4.69, 9.17) is 15.2 Å². The van der Waals surface area contributed by atoms with Gasteiger partial charge in [-0.05, 0) is 73.1 Å². The number of esters is 1. The number of nitrogen functional groups attached to an aromatic ring is 1. The molecule has 1 aromatic carbocycles. The maximum absolute atomic E-state index is 13.5. The van der Waals surface area contributed by atoms with Gasteiger partial charge in [-0.25, -0.2) is 4.79 Å². The molecule has 0 spiro atoms. The Balaban J connectivity index is 2.03. The van der Waals surface area contributed by atoms with E-state index in [0.717, 1.165) is 35.4 Å². The monoisotopic (exact) mass is 442 g/mol. The molecule has 0 amide bonds. The normalized spacial score (nSPS) is 24.5. The Hall–Kier alpha value is -2.60. The lowest BCUT2D eigenvalue weighted by molar-refractivity contribution is -0.134. The Labute approximate surface area is 190 Å². The third-order valence-electron chi connectivity index (χ3n) is 6.72. The smallest absolute Gasteiger partial charge is 0.330 e. The van der Waals surface area contributed by atoms with Crippen molar-refractivity contribution in [1.82, 2.24) is 4.90 Å². The molecule has 32 heavy (non-hydrogen) atoms. The first-order chi connectivity index (χ1) is 15.3. The zero-order valence-corrected chi connectivity index (χ0v) is 19.7. The van der Waals surface area contributed by atoms with Crippen LogP contribution >= 0.6 is 0 Å². The lowest BCUT2D eigenvalue weighted by atomic mass is 9.76. The van der Waals surface area contributed by atoms with Crippen LogP contribution in [0.5, 0.6) is 0 Å². The fourth-order valence-corrected chi connectivity index (χ4v) is 4.91. The fourth-order valence-electron chi connectivity index (χ4n) is 4.91. The molecule has 2 aliphatic rings. The van der Waals surface area contributed by atoms with Gasteiger partial charge in [-0.15, -0.1) is 0 Å². The van der Waals surface area contributed by atoms with Gasteiger partial charge in [0.05, 0.1) is 20.9 Å². The quantitative estimate of drug-likeness (QED) is 0.377. The maximum Gasteiger partial charge on any atom is 0.330 e. The molecule has 2 N–H and O–H groups in total. The van der Waals surface area contributed by atoms with E-state index in [1.165, 1.54) is 24.3 Å². The number of fused-ring (bicyclic) bond motifs is 1. The van der Waals surface area contributed by atoms with Crippen molar-refractivity contribution < 1.29 is 18.7 Å². The van der Waals surface area contributed by atoms with Gasteiger partial charge in [-0.1, -0.05) is 19.1 Å². The second-order valence-corrected chi connectivity index (χ2v) is 8.96. The zero-order valence-electron chi connectivity index (χ0n) is 19.7. The number of carbonyl (C=O) groups excluding carboxylic acids is 1. The largest absolute Gasteiger partial charge is 0.501 e. The number of methoxy groups -OCH3 is 2. The standard InChI is InChI=1S/C26H35FN2O3/c1-16(14-27)15-29-17(2)12-22-18(3)23(28)10-9-20(22)26(29)21-8-6-19(13-24(21)31-4)7-11-25(30)32-5/h6-7,9-11,13,16-17,21,26H,8,12,14-15,28H2,1-5H3/b11-7+/t16-,17-,21?,26+/m1/s1. The van der Waals surface area contributed by atoms with Crippen molar-refractivity contribution in [2.75, 3.05) is 33.2 Å². The molecule has 1 aliphatic heterocycles. The van der Waals surface area contributed by atoms with Gasteiger partial charge in [0, 0.05) is 36.3 Å². The summed E-state index contributed by atoms with van der Waals surface area (Å²) < 4.78 is 24.0. The van der Waals surface area contributed by atoms with Crippen molar-refractivity contribution >= 4 is 11.7 Å². The van der Waals surface area contributed by atoms with Crippen LogP contribution in [-0.4, -0.2) is 44.3 Å². The second-order valence-electron chi connectivity index (χ2n) is 8.96. The average molecular weight is 443 g/mol. The molecule has 0 bridgehead atoms. The molecule has 3 rings (SSSR count). The van der Waals surface area contributed by atoms with Gasteiger partial charge >= 0.3 is 5.97 Å². The number of anilines is 1. The number of halogens is 1. The van der Waals surface area contributed by atoms with E-state index >= 15 is 0 Å². The zero-order chi connectivity index (χ0) is 23.4. The number of hydrogen-bond acceptors (Lipinski definition) is 5. The van der Waals surface area contributed by atoms with Crippen molar-refractivity contribution in [3.63, 3.8) is 0 Å². The van der Waals surface area contributed by atoms with Gasteiger partial charge in [0.15, 0.2) is 0 Å². The van der Waals surface area contributed by atoms with Crippen LogP contribution in [0.2, 0.25) is 0 Å². The van der Waals surface area contributed by atoms with Crippen molar-refractivity contribution in [2.24, 2.45) is 11.8 Å². The Bertz CT molecular complexity index is 937.